The monoisotopic (exact) mass is 212 g/mol. The van der Waals surface area contributed by atoms with E-state index in [0.717, 1.165) is 10.9 Å². The van der Waals surface area contributed by atoms with Gasteiger partial charge in [-0.15, -0.1) is 0 Å². The first-order valence-electron chi connectivity index (χ1n) is 3.54. The Morgan fingerprint density at radius 3 is 3.09 bits per heavy atom. The third-order valence-corrected chi connectivity index (χ3v) is 4.05. The first-order valence-corrected chi connectivity index (χ1v) is 5.61. The summed E-state index contributed by atoms with van der Waals surface area (Å²) in [5, 5.41) is 0.770. The molecule has 0 spiro atoms. The van der Waals surface area contributed by atoms with Crippen molar-refractivity contribution in [1.82, 2.24) is 0 Å². The Labute approximate surface area is 72.0 Å². The first kappa shape index (κ1) is 7.08. The fourth-order valence-corrected chi connectivity index (χ4v) is 3.17. The molecule has 0 unspecified atom stereocenters. The first-order chi connectivity index (χ1) is 5.27. The van der Waals surface area contributed by atoms with Gasteiger partial charge in [-0.3, -0.25) is 0 Å². The number of hydrogen-bond acceptors (Lipinski definition) is 1. The molecule has 0 radical (unpaired) electrons. The molecule has 1 aromatic carbocycles. The van der Waals surface area contributed by atoms with Crippen molar-refractivity contribution in [3.63, 3.8) is 0 Å². The molecule has 56 valence electrons. The number of benzene rings is 1. The molecular weight excluding hydrogens is 203 g/mol. The van der Waals surface area contributed by atoms with E-state index < -0.39 is 0 Å². The van der Waals surface area contributed by atoms with Crippen LogP contribution in [0.5, 0.6) is 0 Å². The van der Waals surface area contributed by atoms with Crippen LogP contribution < -0.4 is 4.46 Å². The quantitative estimate of drug-likeness (QED) is 0.583. The van der Waals surface area contributed by atoms with Crippen molar-refractivity contribution in [2.75, 3.05) is 0 Å². The summed E-state index contributed by atoms with van der Waals surface area (Å²) in [5.74, 6) is 0.337. The van der Waals surface area contributed by atoms with Crippen molar-refractivity contribution in [3.8, 4) is 0 Å². The number of aryl methyl sites for hydroxylation is 1. The average Bonchev–Trinajstić information content (AvgIpc) is 2.33. The minimum atomic E-state index is 0.337. The van der Waals surface area contributed by atoms with E-state index >= 15 is 0 Å². The third kappa shape index (κ3) is 1.13. The van der Waals surface area contributed by atoms with Gasteiger partial charge in [-0.05, 0) is 0 Å². The van der Waals surface area contributed by atoms with Crippen LogP contribution in [0.15, 0.2) is 18.2 Å². The number of rotatable bonds is 0. The second-order valence-corrected chi connectivity index (χ2v) is 4.85. The van der Waals surface area contributed by atoms with Gasteiger partial charge in [0.15, 0.2) is 0 Å². The van der Waals surface area contributed by atoms with Gasteiger partial charge in [0.05, 0.1) is 0 Å². The maximum atomic E-state index is 11.2. The Kier molecular flexibility index (Phi) is 1.59. The number of hydrogen-bond donors (Lipinski definition) is 0. The van der Waals surface area contributed by atoms with Gasteiger partial charge < -0.3 is 0 Å². The summed E-state index contributed by atoms with van der Waals surface area (Å²) in [6.45, 7) is 2.03. The normalized spacial score (nSPS) is 15.2. The van der Waals surface area contributed by atoms with E-state index in [9.17, 15) is 4.79 Å². The van der Waals surface area contributed by atoms with Crippen LogP contribution in [0.3, 0.4) is 0 Å². The van der Waals surface area contributed by atoms with Crippen LogP contribution in [-0.4, -0.2) is 20.7 Å². The van der Waals surface area contributed by atoms with Crippen molar-refractivity contribution in [2.45, 2.75) is 12.2 Å². The van der Waals surface area contributed by atoms with Crippen LogP contribution in [0.1, 0.15) is 15.9 Å². The van der Waals surface area contributed by atoms with E-state index in [1.165, 1.54) is 10.0 Å². The molecule has 11 heavy (non-hydrogen) atoms. The third-order valence-electron chi connectivity index (χ3n) is 1.79. The molecule has 1 aromatic rings. The summed E-state index contributed by atoms with van der Waals surface area (Å²) >= 11 is 0.417. The van der Waals surface area contributed by atoms with Gasteiger partial charge in [0.25, 0.3) is 0 Å². The van der Waals surface area contributed by atoms with Gasteiger partial charge in [-0.25, -0.2) is 0 Å². The van der Waals surface area contributed by atoms with Crippen molar-refractivity contribution in [2.24, 2.45) is 0 Å². The summed E-state index contributed by atoms with van der Waals surface area (Å²) in [6.07, 6.45) is 0. The van der Waals surface area contributed by atoms with E-state index in [1.54, 1.807) is 0 Å². The Bertz CT molecular complexity index is 317. The zero-order chi connectivity index (χ0) is 7.84. The van der Waals surface area contributed by atoms with Gasteiger partial charge in [0.1, 0.15) is 0 Å². The second-order valence-electron chi connectivity index (χ2n) is 2.71. The van der Waals surface area contributed by atoms with Crippen LogP contribution in [0.25, 0.3) is 0 Å². The Balaban J connectivity index is 2.60. The van der Waals surface area contributed by atoms with Gasteiger partial charge in [0.2, 0.25) is 0 Å². The van der Waals surface area contributed by atoms with E-state index in [1.807, 2.05) is 13.0 Å². The summed E-state index contributed by atoms with van der Waals surface area (Å²) < 4.78 is 1.29. The number of Topliss-reactive ketones (excluding diaryl/α,β-unsaturated/α-hetero) is 1. The number of ketones is 1. The Hall–Kier alpha value is -0.591. The maximum absolute atomic E-state index is 11.2. The van der Waals surface area contributed by atoms with Gasteiger partial charge >= 0.3 is 71.6 Å². The molecule has 2 heteroatoms. The van der Waals surface area contributed by atoms with E-state index in [2.05, 4.69) is 12.1 Å². The SMILES string of the molecule is Cc1ccc2c(c1)C(=O)C[Se]2. The fourth-order valence-electron chi connectivity index (χ4n) is 1.21. The standard InChI is InChI=1S/C9H8OSe/c1-6-2-3-9-7(4-6)8(10)5-11-9/h2-4H,5H2,1H3. The molecule has 0 aliphatic carbocycles. The van der Waals surface area contributed by atoms with Crippen LogP contribution in [0.2, 0.25) is 5.32 Å². The molecule has 2 rings (SSSR count). The summed E-state index contributed by atoms with van der Waals surface area (Å²) in [7, 11) is 0. The predicted molar refractivity (Wildman–Crippen MR) is 45.7 cm³/mol. The van der Waals surface area contributed by atoms with Crippen molar-refractivity contribution < 1.29 is 4.79 Å². The van der Waals surface area contributed by atoms with E-state index in [0.29, 0.717) is 20.7 Å². The van der Waals surface area contributed by atoms with E-state index in [4.69, 9.17) is 0 Å². The van der Waals surface area contributed by atoms with Crippen LogP contribution in [0, 0.1) is 6.92 Å². The molecule has 0 amide bonds. The molecular formula is C9H8OSe. The molecule has 0 fully saturated rings. The van der Waals surface area contributed by atoms with Crippen LogP contribution >= 0.6 is 0 Å². The summed E-state index contributed by atoms with van der Waals surface area (Å²) in [4.78, 5) is 11.2. The zero-order valence-corrected chi connectivity index (χ0v) is 7.97. The van der Waals surface area contributed by atoms with Crippen LogP contribution in [0.4, 0.5) is 0 Å². The average molecular weight is 211 g/mol. The number of carbonyl (C=O) groups excluding carboxylic acids is 1. The van der Waals surface area contributed by atoms with Crippen LogP contribution in [-0.2, 0) is 0 Å². The fraction of sp³-hybridized carbons (Fsp3) is 0.222. The molecule has 1 aliphatic rings. The molecule has 1 aliphatic heterocycles. The molecule has 0 aromatic heterocycles. The van der Waals surface area contributed by atoms with Gasteiger partial charge in [-0.2, -0.15) is 0 Å². The topological polar surface area (TPSA) is 17.1 Å². The van der Waals surface area contributed by atoms with E-state index in [-0.39, 0.29) is 0 Å². The number of fused-ring (bicyclic) bond motifs is 1. The molecule has 0 bridgehead atoms. The van der Waals surface area contributed by atoms with Crippen molar-refractivity contribution >= 4 is 25.2 Å². The zero-order valence-electron chi connectivity index (χ0n) is 6.26. The summed E-state index contributed by atoms with van der Waals surface area (Å²) in [5.41, 5.74) is 2.17. The Morgan fingerprint density at radius 2 is 2.27 bits per heavy atom. The second kappa shape index (κ2) is 2.47. The molecule has 0 N–H and O–H groups in total. The van der Waals surface area contributed by atoms with Gasteiger partial charge in [-0.1, -0.05) is 0 Å². The Morgan fingerprint density at radius 1 is 1.45 bits per heavy atom. The molecule has 1 nitrogen and oxygen atoms in total. The molecule has 1 heterocycles. The van der Waals surface area contributed by atoms with Crippen molar-refractivity contribution in [1.29, 1.82) is 0 Å². The summed E-state index contributed by atoms with van der Waals surface area (Å²) in [6, 6.07) is 6.18. The number of carbonyl (C=O) groups is 1. The predicted octanol–water partition coefficient (Wildman–Crippen LogP) is 0.939. The molecule has 0 saturated heterocycles. The van der Waals surface area contributed by atoms with Crippen molar-refractivity contribution in [3.05, 3.63) is 29.3 Å². The minimum absolute atomic E-state index is 0.337. The molecule has 0 atom stereocenters. The van der Waals surface area contributed by atoms with Gasteiger partial charge in [0, 0.05) is 0 Å². The molecule has 0 saturated carbocycles.